The van der Waals surface area contributed by atoms with Crippen molar-refractivity contribution in [2.75, 3.05) is 13.1 Å². The summed E-state index contributed by atoms with van der Waals surface area (Å²) in [7, 11) is 0. The molecule has 1 aromatic heterocycles. The fourth-order valence-corrected chi connectivity index (χ4v) is 3.76. The van der Waals surface area contributed by atoms with Crippen molar-refractivity contribution >= 4 is 5.91 Å². The van der Waals surface area contributed by atoms with Crippen molar-refractivity contribution in [3.05, 3.63) is 52.7 Å². The highest BCUT2D eigenvalue weighted by molar-refractivity contribution is 5.91. The number of carbonyl (C=O) groups is 1. The van der Waals surface area contributed by atoms with Gasteiger partial charge in [0, 0.05) is 32.6 Å². The predicted octanol–water partition coefficient (Wildman–Crippen LogP) is 2.87. The maximum absolute atomic E-state index is 12.1. The Kier molecular flexibility index (Phi) is 4.57. The summed E-state index contributed by atoms with van der Waals surface area (Å²) in [6.07, 6.45) is 7.77. The van der Waals surface area contributed by atoms with E-state index in [1.54, 1.807) is 6.92 Å². The largest absolute Gasteiger partial charge is 0.448 e. The number of hydrogen-bond donors (Lipinski definition) is 1. The molecular formula is C20H25N3O2. The van der Waals surface area contributed by atoms with Crippen molar-refractivity contribution in [3.63, 3.8) is 0 Å². The quantitative estimate of drug-likeness (QED) is 0.930. The van der Waals surface area contributed by atoms with E-state index in [1.165, 1.54) is 43.2 Å². The Morgan fingerprint density at radius 1 is 1.28 bits per heavy atom. The molecule has 2 aromatic rings. The third kappa shape index (κ3) is 3.61. The van der Waals surface area contributed by atoms with Crippen molar-refractivity contribution in [1.29, 1.82) is 0 Å². The molecule has 1 aromatic carbocycles. The lowest BCUT2D eigenvalue weighted by Crippen LogP contribution is -2.41. The van der Waals surface area contributed by atoms with Crippen LogP contribution in [-0.2, 0) is 19.4 Å². The molecule has 0 bridgehead atoms. The van der Waals surface area contributed by atoms with Crippen molar-refractivity contribution in [2.45, 2.75) is 51.6 Å². The molecule has 0 atom stereocenters. The number of oxazole rings is 1. The molecule has 1 aliphatic carbocycles. The average molecular weight is 339 g/mol. The number of rotatable bonds is 4. The maximum atomic E-state index is 12.1. The van der Waals surface area contributed by atoms with Crippen LogP contribution in [0.4, 0.5) is 0 Å². The maximum Gasteiger partial charge on any atom is 0.273 e. The van der Waals surface area contributed by atoms with Crippen LogP contribution in [0.25, 0.3) is 0 Å². The molecule has 0 spiro atoms. The highest BCUT2D eigenvalue weighted by atomic mass is 16.3. The van der Waals surface area contributed by atoms with E-state index in [9.17, 15) is 4.79 Å². The summed E-state index contributed by atoms with van der Waals surface area (Å²) in [6.45, 7) is 4.59. The van der Waals surface area contributed by atoms with Crippen LogP contribution in [0.3, 0.4) is 0 Å². The number of carbonyl (C=O) groups excluding carboxylic acids is 1. The Labute approximate surface area is 148 Å². The Bertz CT molecular complexity index is 764. The number of benzene rings is 1. The Hall–Kier alpha value is -2.14. The van der Waals surface area contributed by atoms with Gasteiger partial charge in [0.2, 0.25) is 0 Å². The molecule has 1 N–H and O–H groups in total. The van der Waals surface area contributed by atoms with Crippen LogP contribution in [0.5, 0.6) is 0 Å². The van der Waals surface area contributed by atoms with E-state index in [2.05, 4.69) is 33.4 Å². The monoisotopic (exact) mass is 339 g/mol. The minimum Gasteiger partial charge on any atom is -0.448 e. The third-order valence-corrected chi connectivity index (χ3v) is 5.50. The van der Waals surface area contributed by atoms with Crippen LogP contribution >= 0.6 is 0 Å². The molecule has 2 heterocycles. The summed E-state index contributed by atoms with van der Waals surface area (Å²) >= 11 is 0. The van der Waals surface area contributed by atoms with Gasteiger partial charge in [-0.15, -0.1) is 0 Å². The van der Waals surface area contributed by atoms with E-state index < -0.39 is 0 Å². The second kappa shape index (κ2) is 7.00. The first-order chi connectivity index (χ1) is 12.2. The van der Waals surface area contributed by atoms with Gasteiger partial charge in [0.1, 0.15) is 6.26 Å². The highest BCUT2D eigenvalue weighted by Crippen LogP contribution is 2.27. The van der Waals surface area contributed by atoms with Crippen molar-refractivity contribution in [2.24, 2.45) is 0 Å². The first-order valence-electron chi connectivity index (χ1n) is 9.24. The molecule has 1 amide bonds. The molecule has 1 aliphatic heterocycles. The molecular weight excluding hydrogens is 314 g/mol. The van der Waals surface area contributed by atoms with Gasteiger partial charge >= 0.3 is 0 Å². The lowest BCUT2D eigenvalue weighted by molar-refractivity contribution is 0.0946. The van der Waals surface area contributed by atoms with Crippen LogP contribution < -0.4 is 5.32 Å². The lowest BCUT2D eigenvalue weighted by atomic mass is 9.91. The van der Waals surface area contributed by atoms with Gasteiger partial charge in [0.05, 0.1) is 0 Å². The van der Waals surface area contributed by atoms with E-state index in [0.717, 1.165) is 31.0 Å². The number of aromatic nitrogens is 1. The minimum absolute atomic E-state index is 0.192. The molecule has 132 valence electrons. The predicted molar refractivity (Wildman–Crippen MR) is 95.5 cm³/mol. The van der Waals surface area contributed by atoms with Crippen molar-refractivity contribution in [3.8, 4) is 0 Å². The Balaban J connectivity index is 1.38. The molecule has 1 saturated carbocycles. The summed E-state index contributed by atoms with van der Waals surface area (Å²) in [5.41, 5.74) is 4.38. The molecule has 0 radical (unpaired) electrons. The molecule has 2 aliphatic rings. The third-order valence-electron chi connectivity index (χ3n) is 5.50. The zero-order chi connectivity index (χ0) is 17.2. The summed E-state index contributed by atoms with van der Waals surface area (Å²) < 4.78 is 5.09. The minimum atomic E-state index is -0.192. The molecule has 4 rings (SSSR count). The number of amides is 1. The zero-order valence-electron chi connectivity index (χ0n) is 14.8. The van der Waals surface area contributed by atoms with E-state index >= 15 is 0 Å². The molecule has 5 nitrogen and oxygen atoms in total. The molecule has 5 heteroatoms. The van der Waals surface area contributed by atoms with Gasteiger partial charge in [-0.05, 0) is 42.4 Å². The van der Waals surface area contributed by atoms with E-state index in [-0.39, 0.29) is 5.91 Å². The molecule has 1 fully saturated rings. The second-order valence-electron chi connectivity index (χ2n) is 7.16. The van der Waals surface area contributed by atoms with E-state index in [4.69, 9.17) is 4.42 Å². The number of fused-ring (bicyclic) bond motifs is 1. The van der Waals surface area contributed by atoms with Crippen LogP contribution in [0, 0.1) is 6.92 Å². The first-order valence-corrected chi connectivity index (χ1v) is 9.24. The number of nitrogens with one attached hydrogen (secondary N) is 1. The standard InChI is InChI=1S/C20H25N3O2/c1-14-22-19(13-25-14)20(24)21-12-15-5-6-16-7-9-23(18-3-2-4-18)10-8-17(16)11-15/h5-6,11,13,18H,2-4,7-10,12H2,1H3,(H,21,24). The van der Waals surface area contributed by atoms with E-state index in [1.807, 2.05) is 0 Å². The fraction of sp³-hybridized carbons (Fsp3) is 0.500. The van der Waals surface area contributed by atoms with E-state index in [0.29, 0.717) is 18.1 Å². The van der Waals surface area contributed by atoms with Gasteiger partial charge in [-0.2, -0.15) is 0 Å². The Morgan fingerprint density at radius 3 is 2.76 bits per heavy atom. The Morgan fingerprint density at radius 2 is 2.08 bits per heavy atom. The topological polar surface area (TPSA) is 58.4 Å². The summed E-state index contributed by atoms with van der Waals surface area (Å²) in [5.74, 6) is 0.314. The zero-order valence-corrected chi connectivity index (χ0v) is 14.8. The summed E-state index contributed by atoms with van der Waals surface area (Å²) in [6, 6.07) is 7.44. The summed E-state index contributed by atoms with van der Waals surface area (Å²) in [5, 5.41) is 2.92. The van der Waals surface area contributed by atoms with Crippen molar-refractivity contribution < 1.29 is 9.21 Å². The number of hydrogen-bond acceptors (Lipinski definition) is 4. The van der Waals surface area contributed by atoms with Crippen molar-refractivity contribution in [1.82, 2.24) is 15.2 Å². The SMILES string of the molecule is Cc1nc(C(=O)NCc2ccc3c(c2)CCN(C2CCC2)CC3)co1. The normalized spacial score (nSPS) is 18.3. The van der Waals surface area contributed by atoms with Gasteiger partial charge in [-0.25, -0.2) is 4.98 Å². The van der Waals surface area contributed by atoms with Crippen LogP contribution in [0.2, 0.25) is 0 Å². The van der Waals surface area contributed by atoms with Crippen LogP contribution in [0.1, 0.15) is 52.3 Å². The fourth-order valence-electron chi connectivity index (χ4n) is 3.76. The smallest absolute Gasteiger partial charge is 0.273 e. The van der Waals surface area contributed by atoms with Gasteiger partial charge in [-0.1, -0.05) is 24.6 Å². The van der Waals surface area contributed by atoms with Crippen LogP contribution in [-0.4, -0.2) is 34.9 Å². The van der Waals surface area contributed by atoms with Crippen LogP contribution in [0.15, 0.2) is 28.9 Å². The average Bonchev–Trinajstić information content (AvgIpc) is 2.90. The molecule has 0 saturated heterocycles. The second-order valence-corrected chi connectivity index (χ2v) is 7.16. The van der Waals surface area contributed by atoms with Gasteiger partial charge in [0.25, 0.3) is 5.91 Å². The van der Waals surface area contributed by atoms with Gasteiger partial charge in [-0.3, -0.25) is 9.69 Å². The lowest BCUT2D eigenvalue weighted by Gasteiger charge is -2.36. The number of aryl methyl sites for hydroxylation is 1. The number of nitrogens with zero attached hydrogens (tertiary/aromatic N) is 2. The molecule has 0 unspecified atom stereocenters. The highest BCUT2D eigenvalue weighted by Gasteiger charge is 2.26. The summed E-state index contributed by atoms with van der Waals surface area (Å²) in [4.78, 5) is 18.8. The van der Waals surface area contributed by atoms with Gasteiger partial charge < -0.3 is 9.73 Å². The first kappa shape index (κ1) is 16.3. The molecule has 25 heavy (non-hydrogen) atoms. The van der Waals surface area contributed by atoms with Gasteiger partial charge in [0.15, 0.2) is 11.6 Å².